The van der Waals surface area contributed by atoms with Crippen LogP contribution in [-0.2, 0) is 106 Å². The molecule has 0 fully saturated rings. The number of aromatic amines is 1. The van der Waals surface area contributed by atoms with Gasteiger partial charge in [-0.3, -0.25) is 81.5 Å². The van der Waals surface area contributed by atoms with Crippen LogP contribution >= 0.6 is 0 Å². The van der Waals surface area contributed by atoms with Crippen LogP contribution in [0.25, 0.3) is 10.9 Å². The average molecular weight is 1510 g/mol. The van der Waals surface area contributed by atoms with E-state index in [0.29, 0.717) is 34.9 Å². The second kappa shape index (κ2) is 47.2. The third-order valence-corrected chi connectivity index (χ3v) is 17.7. The Balaban J connectivity index is 0.000000686. The number of aliphatic hydroxyl groups excluding tert-OH is 1. The number of Topliss-reactive ketones (excluding diaryl/α,β-unsaturated/α-hetero) is 5. The van der Waals surface area contributed by atoms with Crippen molar-refractivity contribution in [3.05, 3.63) is 108 Å². The Labute approximate surface area is 619 Å². The largest absolute Gasteiger partial charge is 0.481 e. The quantitative estimate of drug-likeness (QED) is 0.0302. The molecule has 17 N–H and O–H groups in total. The number of para-hydroxylation sites is 1. The third-order valence-electron chi connectivity index (χ3n) is 17.7. The van der Waals surface area contributed by atoms with Gasteiger partial charge < -0.3 is 83.3 Å². The summed E-state index contributed by atoms with van der Waals surface area (Å²) in [5.74, 6) is -24.2. The molecule has 0 aliphatic rings. The highest BCUT2D eigenvalue weighted by Crippen LogP contribution is 2.26. The molecule has 4 rings (SSSR count). The molecule has 1 aromatic heterocycles. The number of ketones is 5. The Morgan fingerprint density at radius 3 is 1.11 bits per heavy atom. The van der Waals surface area contributed by atoms with Crippen molar-refractivity contribution in [3.63, 3.8) is 0 Å². The number of carboxylic acids is 8. The molecule has 0 radical (unpaired) electrons. The SMILES string of the molecule is CC(=O)[C@H](CCC(=O)O)NC(=O)[C@@H](CC(=O)[C@H](CCC(=O)O)NC(=O)[C@@H](CC(=O)[C@H](CCC(=O)O)NC(=O)[C@H](CCC(=O)O)CC(=O)[C@@H](N)CCC(=O)O)Cc1ccccc1)Cc1c[nH]c2ccccc12.CC[C@@H](Cc1ccccc1)C(=O)N[C@@H](CCC(=O)O)C(=O)C[C@@H](CO)C(=O)N[C@@H](CCC(=O)O)C(=O)O. The number of aliphatic carboxylic acids is 8. The zero-order valence-corrected chi connectivity index (χ0v) is 59.7. The summed E-state index contributed by atoms with van der Waals surface area (Å²) in [6.45, 7) is 2.14. The number of aromatic nitrogens is 1. The summed E-state index contributed by atoms with van der Waals surface area (Å²) in [6, 6.07) is 16.0. The van der Waals surface area contributed by atoms with Crippen molar-refractivity contribution in [2.45, 2.75) is 191 Å². The van der Waals surface area contributed by atoms with E-state index < -0.39 is 275 Å². The van der Waals surface area contributed by atoms with Crippen molar-refractivity contribution in [1.29, 1.82) is 0 Å². The minimum absolute atomic E-state index is 0.0951. The van der Waals surface area contributed by atoms with Crippen LogP contribution in [0.2, 0.25) is 0 Å². The van der Waals surface area contributed by atoms with Crippen LogP contribution in [0, 0.1) is 29.6 Å². The number of nitrogens with one attached hydrogen (secondary N) is 6. The number of hydrogen-bond donors (Lipinski definition) is 16. The lowest BCUT2D eigenvalue weighted by Gasteiger charge is -2.26. The monoisotopic (exact) mass is 1510 g/mol. The highest BCUT2D eigenvalue weighted by Gasteiger charge is 2.37. The number of hydrogen-bond acceptors (Lipinski definition) is 20. The maximum absolute atomic E-state index is 14.4. The van der Waals surface area contributed by atoms with Crippen molar-refractivity contribution >= 4 is 117 Å². The van der Waals surface area contributed by atoms with Gasteiger partial charge in [-0.1, -0.05) is 85.8 Å². The number of rotatable bonds is 53. The van der Waals surface area contributed by atoms with Crippen molar-refractivity contribution in [2.24, 2.45) is 35.3 Å². The fourth-order valence-electron chi connectivity index (χ4n) is 11.5. The summed E-state index contributed by atoms with van der Waals surface area (Å²) < 4.78 is 0. The number of carboxylic acid groups (broad SMARTS) is 8. The normalized spacial score (nSPS) is 14.0. The number of benzene rings is 3. The molecule has 0 aliphatic heterocycles. The number of carbonyl (C=O) groups excluding carboxylic acids is 10. The number of aliphatic hydroxyl groups is 1. The zero-order chi connectivity index (χ0) is 80.7. The molecule has 0 unspecified atom stereocenters. The predicted octanol–water partition coefficient (Wildman–Crippen LogP) is 2.98. The first-order valence-electron chi connectivity index (χ1n) is 34.9. The maximum Gasteiger partial charge on any atom is 0.326 e. The number of carbonyl (C=O) groups is 18. The molecule has 5 amide bonds. The van der Waals surface area contributed by atoms with Gasteiger partial charge in [0, 0.05) is 111 Å². The topological polar surface area (TPSA) is 591 Å². The Hall–Kier alpha value is -11.4. The molecule has 1 heterocycles. The molecule has 3 aromatic carbocycles. The molecule has 34 heteroatoms. The molecule has 0 spiro atoms. The standard InChI is InChI=1S/C49H61N5O17.C25H34N2O10/c1-27(55)35(13-18-44(63)64)52-49(71)31(22-32-26-51-36-10-6-5-9-33(32)36)25-41(58)38(15-20-46(67)68)54-48(70)30(21-28-7-3-2-4-8-28)24-40(57)37(14-19-45(65)66)53-47(69)29(11-16-42(59)60)23-39(56)34(50)12-17-43(61)62;1-2-16(12-15-6-4-3-5-7-15)23(34)26-18(8-10-21(30)31)20(29)13-17(14-28)24(35)27-19(25(36)37)9-11-22(32)33/h2-10,26,29-31,34-35,37-38,51H,11-25,50H2,1H3,(H,52,71)(H,53,69)(H,54,70)(H,59,60)(H,61,62)(H,63,64)(H,65,66)(H,67,68);3-7,16-19,28H,2,8-14H2,1H3,(H,26,34)(H,27,35)(H,30,31)(H,32,33)(H,36,37)/t29-,30-,31-,34+,35+,37+,38+;16-,17-,18-,19-/m10/s1. The van der Waals surface area contributed by atoms with E-state index >= 15 is 0 Å². The van der Waals surface area contributed by atoms with E-state index in [1.807, 2.05) is 30.3 Å². The fraction of sp³-hybridized carbons (Fsp3) is 0.486. The average Bonchev–Trinajstić information content (AvgIpc) is 1.48. The first kappa shape index (κ1) is 90.8. The van der Waals surface area contributed by atoms with Gasteiger partial charge in [0.05, 0.1) is 42.7 Å². The first-order valence-corrected chi connectivity index (χ1v) is 34.9. The highest BCUT2D eigenvalue weighted by atomic mass is 16.4. The number of nitrogens with two attached hydrogens (primary N) is 1. The van der Waals surface area contributed by atoms with Crippen LogP contribution in [0.4, 0.5) is 0 Å². The second-order valence-electron chi connectivity index (χ2n) is 26.1. The molecular formula is C74H95N7O27. The van der Waals surface area contributed by atoms with E-state index in [-0.39, 0.29) is 32.1 Å². The van der Waals surface area contributed by atoms with Crippen molar-refractivity contribution in [2.75, 3.05) is 6.61 Å². The smallest absolute Gasteiger partial charge is 0.326 e. The molecule has 0 saturated carbocycles. The summed E-state index contributed by atoms with van der Waals surface area (Å²) >= 11 is 0. The highest BCUT2D eigenvalue weighted by molar-refractivity contribution is 5.99. The van der Waals surface area contributed by atoms with E-state index in [1.165, 1.54) is 0 Å². The van der Waals surface area contributed by atoms with Crippen LogP contribution in [0.5, 0.6) is 0 Å². The van der Waals surface area contributed by atoms with Crippen LogP contribution in [-0.4, -0.2) is 200 Å². The molecule has 11 atom stereocenters. The summed E-state index contributed by atoms with van der Waals surface area (Å²) in [7, 11) is 0. The lowest BCUT2D eigenvalue weighted by atomic mass is 9.87. The van der Waals surface area contributed by atoms with Gasteiger partial charge in [-0.25, -0.2) is 4.79 Å². The predicted molar refractivity (Wildman–Crippen MR) is 380 cm³/mol. The van der Waals surface area contributed by atoms with Gasteiger partial charge in [-0.2, -0.15) is 0 Å². The number of H-pyrrole nitrogens is 1. The lowest BCUT2D eigenvalue weighted by molar-refractivity contribution is -0.144. The third kappa shape index (κ3) is 34.2. The summed E-state index contributed by atoms with van der Waals surface area (Å²) in [6.07, 6.45) is -6.72. The maximum atomic E-state index is 14.4. The van der Waals surface area contributed by atoms with E-state index in [4.69, 9.17) is 21.1 Å². The van der Waals surface area contributed by atoms with E-state index in [1.54, 1.807) is 67.7 Å². The Morgan fingerprint density at radius 2 is 0.694 bits per heavy atom. The molecule has 34 nitrogen and oxygen atoms in total. The molecule has 108 heavy (non-hydrogen) atoms. The molecular weight excluding hydrogens is 1420 g/mol. The van der Waals surface area contributed by atoms with Gasteiger partial charge in [-0.05, 0) is 100 Å². The molecule has 4 aromatic rings. The minimum atomic E-state index is -1.62. The van der Waals surface area contributed by atoms with Gasteiger partial charge >= 0.3 is 47.8 Å². The van der Waals surface area contributed by atoms with Gasteiger partial charge in [0.1, 0.15) is 11.8 Å². The Bertz CT molecular complexity index is 3800. The zero-order valence-electron chi connectivity index (χ0n) is 59.7. The summed E-state index contributed by atoms with van der Waals surface area (Å²) in [4.78, 5) is 228. The van der Waals surface area contributed by atoms with E-state index in [9.17, 15) is 117 Å². The van der Waals surface area contributed by atoms with Gasteiger partial charge in [0.25, 0.3) is 0 Å². The number of amides is 5. The minimum Gasteiger partial charge on any atom is -0.481 e. The molecule has 0 aliphatic carbocycles. The van der Waals surface area contributed by atoms with Crippen LogP contribution in [0.1, 0.15) is 153 Å². The lowest BCUT2D eigenvalue weighted by Crippen LogP contribution is -2.49. The van der Waals surface area contributed by atoms with Gasteiger partial charge in [0.2, 0.25) is 29.5 Å². The first-order chi connectivity index (χ1) is 51.0. The Kier molecular flexibility index (Phi) is 39.7. The van der Waals surface area contributed by atoms with Gasteiger partial charge in [0.15, 0.2) is 23.1 Å². The van der Waals surface area contributed by atoms with Crippen LogP contribution in [0.15, 0.2) is 91.1 Å². The van der Waals surface area contributed by atoms with E-state index in [2.05, 4.69) is 31.6 Å². The fourth-order valence-corrected chi connectivity index (χ4v) is 11.5. The Morgan fingerprint density at radius 1 is 0.370 bits per heavy atom. The van der Waals surface area contributed by atoms with Crippen molar-refractivity contribution < 1.29 is 132 Å². The second-order valence-corrected chi connectivity index (χ2v) is 26.1. The molecule has 588 valence electrons. The molecule has 0 saturated heterocycles. The summed E-state index contributed by atoms with van der Waals surface area (Å²) in [5.41, 5.74) is 8.57. The summed E-state index contributed by atoms with van der Waals surface area (Å²) in [5, 5.41) is 96.4. The van der Waals surface area contributed by atoms with Crippen LogP contribution in [0.3, 0.4) is 0 Å². The van der Waals surface area contributed by atoms with E-state index in [0.717, 1.165) is 12.5 Å². The van der Waals surface area contributed by atoms with Crippen molar-refractivity contribution in [3.8, 4) is 0 Å². The molecule has 0 bridgehead atoms. The van der Waals surface area contributed by atoms with Gasteiger partial charge in [-0.15, -0.1) is 0 Å². The van der Waals surface area contributed by atoms with Crippen molar-refractivity contribution in [1.82, 2.24) is 31.6 Å². The van der Waals surface area contributed by atoms with Crippen LogP contribution < -0.4 is 32.3 Å². The number of fused-ring (bicyclic) bond motifs is 1.